The van der Waals surface area contributed by atoms with Crippen molar-refractivity contribution in [2.24, 2.45) is 0 Å². The van der Waals surface area contributed by atoms with Gasteiger partial charge in [-0.1, -0.05) is 23.7 Å². The van der Waals surface area contributed by atoms with Crippen LogP contribution >= 0.6 is 11.6 Å². The number of amides is 1. The fourth-order valence-corrected chi connectivity index (χ4v) is 2.00. The van der Waals surface area contributed by atoms with Crippen LogP contribution in [-0.2, 0) is 0 Å². The van der Waals surface area contributed by atoms with Crippen molar-refractivity contribution in [2.75, 3.05) is 12.4 Å². The summed E-state index contributed by atoms with van der Waals surface area (Å²) in [5.41, 5.74) is 2.21. The summed E-state index contributed by atoms with van der Waals surface area (Å²) in [5, 5.41) is 6.51. The van der Waals surface area contributed by atoms with E-state index in [4.69, 9.17) is 11.6 Å². The number of halogens is 1. The third kappa shape index (κ3) is 3.48. The summed E-state index contributed by atoms with van der Waals surface area (Å²) < 4.78 is 0. The van der Waals surface area contributed by atoms with Crippen LogP contribution in [0.15, 0.2) is 42.6 Å². The van der Waals surface area contributed by atoms with Crippen molar-refractivity contribution in [1.82, 2.24) is 10.3 Å². The van der Waals surface area contributed by atoms with Gasteiger partial charge in [-0.2, -0.15) is 0 Å². The van der Waals surface area contributed by atoms with Gasteiger partial charge >= 0.3 is 0 Å². The summed E-state index contributed by atoms with van der Waals surface area (Å²) in [6.45, 7) is 1.91. The van der Waals surface area contributed by atoms with Crippen LogP contribution in [0, 0.1) is 0 Å². The predicted molar refractivity (Wildman–Crippen MR) is 81.1 cm³/mol. The lowest BCUT2D eigenvalue weighted by Gasteiger charge is -2.14. The first-order valence-corrected chi connectivity index (χ1v) is 6.68. The normalized spacial score (nSPS) is 11.8. The van der Waals surface area contributed by atoms with Gasteiger partial charge in [-0.15, -0.1) is 0 Å². The molecule has 1 unspecified atom stereocenters. The average Bonchev–Trinajstić information content (AvgIpc) is 2.47. The van der Waals surface area contributed by atoms with Crippen LogP contribution in [0.2, 0.25) is 5.02 Å². The van der Waals surface area contributed by atoms with Gasteiger partial charge in [-0.25, -0.2) is 4.98 Å². The van der Waals surface area contributed by atoms with E-state index in [1.807, 2.05) is 31.2 Å². The number of pyridine rings is 1. The standard InChI is InChI=1S/C15H16ClN3O/c1-10(11-4-3-5-12(16)8-11)19-15(20)14-7-6-13(17-2)9-18-14/h3-10,17H,1-2H3,(H,19,20). The van der Waals surface area contributed by atoms with E-state index < -0.39 is 0 Å². The van der Waals surface area contributed by atoms with E-state index in [-0.39, 0.29) is 11.9 Å². The average molecular weight is 290 g/mol. The summed E-state index contributed by atoms with van der Waals surface area (Å²) in [6.07, 6.45) is 1.62. The second kappa shape index (κ2) is 6.39. The van der Waals surface area contributed by atoms with Gasteiger partial charge in [0.05, 0.1) is 17.9 Å². The highest BCUT2D eigenvalue weighted by Gasteiger charge is 2.12. The zero-order valence-corrected chi connectivity index (χ0v) is 12.1. The number of nitrogens with one attached hydrogen (secondary N) is 2. The number of aromatic nitrogens is 1. The Balaban J connectivity index is 2.06. The van der Waals surface area contributed by atoms with E-state index in [1.165, 1.54) is 0 Å². The first-order valence-electron chi connectivity index (χ1n) is 6.30. The van der Waals surface area contributed by atoms with E-state index in [0.717, 1.165) is 11.3 Å². The molecule has 0 aliphatic carbocycles. The van der Waals surface area contributed by atoms with Gasteiger partial charge in [0.1, 0.15) is 5.69 Å². The van der Waals surface area contributed by atoms with E-state index >= 15 is 0 Å². The molecule has 20 heavy (non-hydrogen) atoms. The highest BCUT2D eigenvalue weighted by Crippen LogP contribution is 2.17. The molecule has 0 aliphatic heterocycles. The molecule has 0 fully saturated rings. The molecule has 0 saturated heterocycles. The van der Waals surface area contributed by atoms with Crippen molar-refractivity contribution in [3.63, 3.8) is 0 Å². The second-order valence-electron chi connectivity index (χ2n) is 4.43. The maximum Gasteiger partial charge on any atom is 0.270 e. The van der Waals surface area contributed by atoms with Gasteiger partial charge in [0.15, 0.2) is 0 Å². The van der Waals surface area contributed by atoms with Gasteiger partial charge in [0, 0.05) is 12.1 Å². The van der Waals surface area contributed by atoms with E-state index in [1.54, 1.807) is 25.4 Å². The lowest BCUT2D eigenvalue weighted by atomic mass is 10.1. The summed E-state index contributed by atoms with van der Waals surface area (Å²) in [5.74, 6) is -0.208. The van der Waals surface area contributed by atoms with Gasteiger partial charge in [-0.3, -0.25) is 4.79 Å². The molecule has 0 radical (unpaired) electrons. The lowest BCUT2D eigenvalue weighted by molar-refractivity contribution is 0.0935. The third-order valence-corrected chi connectivity index (χ3v) is 3.22. The number of anilines is 1. The third-order valence-electron chi connectivity index (χ3n) is 2.98. The van der Waals surface area contributed by atoms with Crippen molar-refractivity contribution in [2.45, 2.75) is 13.0 Å². The SMILES string of the molecule is CNc1ccc(C(=O)NC(C)c2cccc(Cl)c2)nc1. The van der Waals surface area contributed by atoms with Crippen molar-refractivity contribution in [3.8, 4) is 0 Å². The Morgan fingerprint density at radius 1 is 1.30 bits per heavy atom. The second-order valence-corrected chi connectivity index (χ2v) is 4.87. The Morgan fingerprint density at radius 3 is 2.70 bits per heavy atom. The molecule has 5 heteroatoms. The molecule has 2 N–H and O–H groups in total. The number of carbonyl (C=O) groups is 1. The molecule has 4 nitrogen and oxygen atoms in total. The molecular formula is C15H16ClN3O. The van der Waals surface area contributed by atoms with Crippen LogP contribution in [0.3, 0.4) is 0 Å². The van der Waals surface area contributed by atoms with Crippen LogP contribution < -0.4 is 10.6 Å². The Bertz CT molecular complexity index is 598. The Labute approximate surface area is 123 Å². The summed E-state index contributed by atoms with van der Waals surface area (Å²) in [7, 11) is 1.80. The molecule has 1 aromatic carbocycles. The molecule has 2 aromatic rings. The smallest absolute Gasteiger partial charge is 0.270 e. The largest absolute Gasteiger partial charge is 0.387 e. The molecule has 0 bridgehead atoms. The van der Waals surface area contributed by atoms with Gasteiger partial charge in [0.2, 0.25) is 0 Å². The van der Waals surface area contributed by atoms with Crippen LogP contribution in [0.5, 0.6) is 0 Å². The number of rotatable bonds is 4. The van der Waals surface area contributed by atoms with E-state index in [9.17, 15) is 4.79 Å². The summed E-state index contributed by atoms with van der Waals surface area (Å²) in [6, 6.07) is 10.8. The van der Waals surface area contributed by atoms with Crippen molar-refractivity contribution in [1.29, 1.82) is 0 Å². The fourth-order valence-electron chi connectivity index (χ4n) is 1.81. The quantitative estimate of drug-likeness (QED) is 0.908. The first kappa shape index (κ1) is 14.3. The number of hydrogen-bond acceptors (Lipinski definition) is 3. The number of carbonyl (C=O) groups excluding carboxylic acids is 1. The zero-order chi connectivity index (χ0) is 14.5. The lowest BCUT2D eigenvalue weighted by Crippen LogP contribution is -2.27. The Kier molecular flexibility index (Phi) is 4.58. The van der Waals surface area contributed by atoms with Crippen molar-refractivity contribution >= 4 is 23.2 Å². The van der Waals surface area contributed by atoms with Crippen LogP contribution in [-0.4, -0.2) is 17.9 Å². The molecule has 1 heterocycles. The number of benzene rings is 1. The first-order chi connectivity index (χ1) is 9.60. The molecule has 0 saturated carbocycles. The molecule has 0 aliphatic rings. The summed E-state index contributed by atoms with van der Waals surface area (Å²) in [4.78, 5) is 16.2. The minimum absolute atomic E-state index is 0.132. The van der Waals surface area contributed by atoms with Crippen LogP contribution in [0.4, 0.5) is 5.69 Å². The van der Waals surface area contributed by atoms with Gasteiger partial charge in [-0.05, 0) is 36.8 Å². The highest BCUT2D eigenvalue weighted by molar-refractivity contribution is 6.30. The minimum Gasteiger partial charge on any atom is -0.387 e. The molecule has 2 rings (SSSR count). The molecule has 1 amide bonds. The van der Waals surface area contributed by atoms with E-state index in [0.29, 0.717) is 10.7 Å². The Hall–Kier alpha value is -2.07. The molecular weight excluding hydrogens is 274 g/mol. The maximum atomic E-state index is 12.1. The topological polar surface area (TPSA) is 54.0 Å². The van der Waals surface area contributed by atoms with Gasteiger partial charge < -0.3 is 10.6 Å². The zero-order valence-electron chi connectivity index (χ0n) is 11.4. The number of hydrogen-bond donors (Lipinski definition) is 2. The maximum absolute atomic E-state index is 12.1. The fraction of sp³-hybridized carbons (Fsp3) is 0.200. The monoisotopic (exact) mass is 289 g/mol. The van der Waals surface area contributed by atoms with Crippen molar-refractivity contribution < 1.29 is 4.79 Å². The molecule has 0 spiro atoms. The van der Waals surface area contributed by atoms with Crippen LogP contribution in [0.1, 0.15) is 29.0 Å². The molecule has 104 valence electrons. The minimum atomic E-state index is -0.208. The van der Waals surface area contributed by atoms with Gasteiger partial charge in [0.25, 0.3) is 5.91 Å². The Morgan fingerprint density at radius 2 is 2.10 bits per heavy atom. The van der Waals surface area contributed by atoms with Crippen LogP contribution in [0.25, 0.3) is 0 Å². The summed E-state index contributed by atoms with van der Waals surface area (Å²) >= 11 is 5.94. The number of nitrogens with zero attached hydrogens (tertiary/aromatic N) is 1. The highest BCUT2D eigenvalue weighted by atomic mass is 35.5. The van der Waals surface area contributed by atoms with E-state index in [2.05, 4.69) is 15.6 Å². The predicted octanol–water partition coefficient (Wildman–Crippen LogP) is 3.27. The molecule has 1 aromatic heterocycles. The van der Waals surface area contributed by atoms with Crippen molar-refractivity contribution in [3.05, 3.63) is 58.9 Å². The molecule has 1 atom stereocenters.